The highest BCUT2D eigenvalue weighted by molar-refractivity contribution is 5.97. The van der Waals surface area contributed by atoms with E-state index in [2.05, 4.69) is 9.84 Å². The Morgan fingerprint density at radius 1 is 1.41 bits per heavy atom. The molecule has 0 spiro atoms. The minimum atomic E-state index is -0.318. The number of ether oxygens (including phenoxy) is 1. The maximum Gasteiger partial charge on any atom is 0.293 e. The van der Waals surface area contributed by atoms with Crippen molar-refractivity contribution in [1.29, 1.82) is 0 Å². The lowest BCUT2D eigenvalue weighted by atomic mass is 10.2. The molecule has 0 amide bonds. The number of nitrogens with zero attached hydrogens (tertiary/aromatic N) is 2. The Bertz CT molecular complexity index is 567. The summed E-state index contributed by atoms with van der Waals surface area (Å²) in [6.07, 6.45) is 0. The summed E-state index contributed by atoms with van der Waals surface area (Å²) in [6.45, 7) is 5.92. The van der Waals surface area contributed by atoms with Gasteiger partial charge >= 0.3 is 0 Å². The molecule has 17 heavy (non-hydrogen) atoms. The average molecular weight is 234 g/mol. The van der Waals surface area contributed by atoms with E-state index in [9.17, 15) is 4.79 Å². The molecule has 0 saturated heterocycles. The summed E-state index contributed by atoms with van der Waals surface area (Å²) < 4.78 is 6.40. The minimum Gasteiger partial charge on any atom is -0.508 e. The highest BCUT2D eigenvalue weighted by atomic mass is 16.5. The molecule has 2 heterocycles. The molecule has 5 nitrogen and oxygen atoms in total. The zero-order valence-electron chi connectivity index (χ0n) is 9.97. The van der Waals surface area contributed by atoms with E-state index in [-0.39, 0.29) is 5.60 Å². The van der Waals surface area contributed by atoms with Crippen LogP contribution in [0.4, 0.5) is 0 Å². The van der Waals surface area contributed by atoms with Crippen LogP contribution in [0.3, 0.4) is 0 Å². The predicted octanol–water partition coefficient (Wildman–Crippen LogP) is 2.00. The van der Waals surface area contributed by atoms with Crippen LogP contribution in [0.5, 0.6) is 5.75 Å². The number of benzene rings is 1. The number of aromatic nitrogens is 2. The first-order valence-corrected chi connectivity index (χ1v) is 5.26. The molecule has 1 aromatic rings. The Hall–Kier alpha value is -2.04. The molecule has 5 heteroatoms. The van der Waals surface area contributed by atoms with E-state index in [4.69, 9.17) is 5.11 Å². The lowest BCUT2D eigenvalue weighted by Gasteiger charge is -2.14. The van der Waals surface area contributed by atoms with E-state index in [0.717, 1.165) is 16.7 Å². The summed E-state index contributed by atoms with van der Waals surface area (Å²) in [4.78, 5) is 9.60. The number of hydrogen-bond donors (Lipinski definition) is 1. The van der Waals surface area contributed by atoms with Crippen molar-refractivity contribution in [3.8, 4) is 11.6 Å². The fourth-order valence-corrected chi connectivity index (χ4v) is 1.39. The minimum absolute atomic E-state index is 0.313. The first-order chi connectivity index (χ1) is 7.92. The summed E-state index contributed by atoms with van der Waals surface area (Å²) >= 11 is 0. The normalized spacial score (nSPS) is 11.7. The van der Waals surface area contributed by atoms with E-state index in [1.165, 1.54) is 0 Å². The van der Waals surface area contributed by atoms with Gasteiger partial charge in [0.05, 0.1) is 10.9 Å². The molecule has 0 saturated carbocycles. The van der Waals surface area contributed by atoms with E-state index in [1.54, 1.807) is 12.1 Å². The van der Waals surface area contributed by atoms with Gasteiger partial charge in [-0.3, -0.25) is 4.79 Å². The Labute approximate surface area is 98.6 Å². The van der Waals surface area contributed by atoms with Gasteiger partial charge in [-0.05, 0) is 39.0 Å². The SMILES string of the molecule is CC(C)(C)OC=O.Oc1ccc2c(c1)c1nn2-1. The first kappa shape index (κ1) is 11.4. The maximum absolute atomic E-state index is 9.60. The number of aromatic hydroxyl groups is 1. The van der Waals surface area contributed by atoms with Gasteiger partial charge in [0.25, 0.3) is 6.47 Å². The average Bonchev–Trinajstić information content (AvgIpc) is 2.89. The maximum atomic E-state index is 9.60. The molecule has 0 bridgehead atoms. The Morgan fingerprint density at radius 3 is 2.65 bits per heavy atom. The van der Waals surface area contributed by atoms with Gasteiger partial charge in [0.1, 0.15) is 11.4 Å². The van der Waals surface area contributed by atoms with Crippen molar-refractivity contribution in [3.05, 3.63) is 18.2 Å². The summed E-state index contributed by atoms with van der Waals surface area (Å²) in [6, 6.07) is 5.27. The molecule has 0 aliphatic carbocycles. The molecule has 0 atom stereocenters. The number of fused-ring (bicyclic) bond motifs is 4. The van der Waals surface area contributed by atoms with Crippen LogP contribution in [0, 0.1) is 0 Å². The third kappa shape index (κ3) is 2.38. The largest absolute Gasteiger partial charge is 0.508 e. The van der Waals surface area contributed by atoms with E-state index in [1.807, 2.05) is 31.5 Å². The van der Waals surface area contributed by atoms with Crippen LogP contribution >= 0.6 is 0 Å². The van der Waals surface area contributed by atoms with Crippen LogP contribution in [0.1, 0.15) is 20.8 Å². The van der Waals surface area contributed by atoms with Crippen molar-refractivity contribution in [2.24, 2.45) is 0 Å². The smallest absolute Gasteiger partial charge is 0.293 e. The molecule has 1 aromatic carbocycles. The monoisotopic (exact) mass is 234 g/mol. The van der Waals surface area contributed by atoms with Crippen molar-refractivity contribution >= 4 is 17.4 Å². The first-order valence-electron chi connectivity index (χ1n) is 5.26. The van der Waals surface area contributed by atoms with Crippen LogP contribution in [-0.4, -0.2) is 27.0 Å². The lowest BCUT2D eigenvalue weighted by Crippen LogP contribution is -2.17. The fourth-order valence-electron chi connectivity index (χ4n) is 1.39. The number of phenolic OH excluding ortho intramolecular Hbond substituents is 1. The van der Waals surface area contributed by atoms with Crippen molar-refractivity contribution in [2.45, 2.75) is 26.4 Å². The Balaban J connectivity index is 0.000000139. The summed E-state index contributed by atoms with van der Waals surface area (Å²) in [7, 11) is 0. The third-order valence-corrected chi connectivity index (χ3v) is 2.21. The molecule has 0 aromatic heterocycles. The molecular formula is C12H14N2O3. The lowest BCUT2D eigenvalue weighted by molar-refractivity contribution is -0.138. The van der Waals surface area contributed by atoms with Gasteiger partial charge in [0.15, 0.2) is 5.82 Å². The number of hydrogen-bond acceptors (Lipinski definition) is 4. The van der Waals surface area contributed by atoms with Crippen molar-refractivity contribution in [1.82, 2.24) is 9.78 Å². The fraction of sp³-hybridized carbons (Fsp3) is 0.333. The van der Waals surface area contributed by atoms with Gasteiger partial charge in [-0.25, -0.2) is 4.68 Å². The molecule has 0 unspecified atom stereocenters. The molecule has 1 N–H and O–H groups in total. The second-order valence-corrected chi connectivity index (χ2v) is 4.76. The Morgan fingerprint density at radius 2 is 2.12 bits per heavy atom. The van der Waals surface area contributed by atoms with Crippen LogP contribution in [0.25, 0.3) is 16.7 Å². The third-order valence-electron chi connectivity index (χ3n) is 2.21. The van der Waals surface area contributed by atoms with Crippen molar-refractivity contribution < 1.29 is 14.6 Å². The standard InChI is InChI=1S/C7H4N2O.C5H10O2/c10-4-1-2-6-5(3-4)7-8-9(6)7;1-5(2,3)7-4-6/h1-3,10H;4H,1-3H3. The summed E-state index contributed by atoms with van der Waals surface area (Å²) in [5, 5.41) is 14.1. The molecule has 3 rings (SSSR count). The van der Waals surface area contributed by atoms with Crippen molar-refractivity contribution in [2.75, 3.05) is 0 Å². The second kappa shape index (κ2) is 3.76. The number of carbonyl (C=O) groups excluding carboxylic acids is 1. The van der Waals surface area contributed by atoms with Gasteiger partial charge in [0.2, 0.25) is 0 Å². The highest BCUT2D eigenvalue weighted by Gasteiger charge is 2.25. The summed E-state index contributed by atoms with van der Waals surface area (Å²) in [5.41, 5.74) is 0.787. The molecule has 0 radical (unpaired) electrons. The molecule has 0 fully saturated rings. The highest BCUT2D eigenvalue weighted by Crippen LogP contribution is 2.36. The Kier molecular flexibility index (Phi) is 2.53. The van der Waals surface area contributed by atoms with Gasteiger partial charge in [-0.1, -0.05) is 0 Å². The summed E-state index contributed by atoms with van der Waals surface area (Å²) in [5.74, 6) is 1.32. The zero-order chi connectivity index (χ0) is 12.6. The van der Waals surface area contributed by atoms with E-state index >= 15 is 0 Å². The number of carbonyl (C=O) groups is 1. The molecule has 2 aliphatic heterocycles. The zero-order valence-corrected chi connectivity index (χ0v) is 9.97. The van der Waals surface area contributed by atoms with Crippen molar-refractivity contribution in [3.63, 3.8) is 0 Å². The van der Waals surface area contributed by atoms with Crippen LogP contribution < -0.4 is 0 Å². The van der Waals surface area contributed by atoms with Crippen LogP contribution in [0.2, 0.25) is 0 Å². The van der Waals surface area contributed by atoms with Gasteiger partial charge in [-0.15, -0.1) is 5.10 Å². The van der Waals surface area contributed by atoms with Gasteiger partial charge in [-0.2, -0.15) is 0 Å². The van der Waals surface area contributed by atoms with E-state index in [0.29, 0.717) is 12.2 Å². The predicted molar refractivity (Wildman–Crippen MR) is 63.2 cm³/mol. The molecular weight excluding hydrogens is 220 g/mol. The van der Waals surface area contributed by atoms with Gasteiger partial charge in [0, 0.05) is 0 Å². The topological polar surface area (TPSA) is 64.3 Å². The molecule has 90 valence electrons. The van der Waals surface area contributed by atoms with Gasteiger partial charge < -0.3 is 9.84 Å². The van der Waals surface area contributed by atoms with Crippen LogP contribution in [-0.2, 0) is 9.53 Å². The van der Waals surface area contributed by atoms with Crippen LogP contribution in [0.15, 0.2) is 18.2 Å². The number of rotatable bonds is 1. The van der Waals surface area contributed by atoms with E-state index < -0.39 is 0 Å². The second-order valence-electron chi connectivity index (χ2n) is 4.76. The molecule has 2 aliphatic rings. The quantitative estimate of drug-likeness (QED) is 0.654. The number of phenols is 1.